The van der Waals surface area contributed by atoms with Gasteiger partial charge in [0, 0.05) is 31.0 Å². The highest BCUT2D eigenvalue weighted by atomic mass is 19.1. The molecule has 2 aromatic rings. The molecule has 1 aromatic heterocycles. The van der Waals surface area contributed by atoms with E-state index in [1.165, 1.54) is 6.07 Å². The fourth-order valence-corrected chi connectivity index (χ4v) is 4.10. The number of halogens is 1. The molecular formula is C20H23FN4O. The van der Waals surface area contributed by atoms with E-state index < -0.39 is 5.41 Å². The molecule has 1 aliphatic carbocycles. The summed E-state index contributed by atoms with van der Waals surface area (Å²) in [6.07, 6.45) is 7.39. The van der Waals surface area contributed by atoms with Crippen molar-refractivity contribution in [3.63, 3.8) is 0 Å². The van der Waals surface area contributed by atoms with E-state index in [1.807, 2.05) is 11.0 Å². The molecule has 1 aliphatic heterocycles. The number of likely N-dealkylation sites (tertiary alicyclic amines) is 1. The standard InChI is InChI=1S/C20H23FN4O/c21-16-6-2-1-5-15(16)20(7-8-20)19(26)25-11-3-4-14(13-25)12-17-18(22)24-10-9-23-17/h1-2,5-6,9-10,14H,3-4,7-8,11-13H2,(H2,22,24)/t14-/m1/s1. The van der Waals surface area contributed by atoms with Crippen molar-refractivity contribution in [1.29, 1.82) is 0 Å². The molecule has 0 unspecified atom stereocenters. The smallest absolute Gasteiger partial charge is 0.233 e. The van der Waals surface area contributed by atoms with Crippen LogP contribution in [0.1, 0.15) is 36.9 Å². The molecule has 0 spiro atoms. The Kier molecular flexibility index (Phi) is 4.34. The van der Waals surface area contributed by atoms with Crippen molar-refractivity contribution in [1.82, 2.24) is 14.9 Å². The van der Waals surface area contributed by atoms with Gasteiger partial charge in [-0.1, -0.05) is 18.2 Å². The van der Waals surface area contributed by atoms with Crippen molar-refractivity contribution < 1.29 is 9.18 Å². The summed E-state index contributed by atoms with van der Waals surface area (Å²) in [6, 6.07) is 6.67. The number of hydrogen-bond donors (Lipinski definition) is 1. The number of hydrogen-bond acceptors (Lipinski definition) is 4. The van der Waals surface area contributed by atoms with Gasteiger partial charge in [-0.25, -0.2) is 9.37 Å². The number of rotatable bonds is 4. The molecule has 136 valence electrons. The van der Waals surface area contributed by atoms with Gasteiger partial charge in [0.1, 0.15) is 11.6 Å². The van der Waals surface area contributed by atoms with Gasteiger partial charge in [-0.2, -0.15) is 0 Å². The summed E-state index contributed by atoms with van der Waals surface area (Å²) in [5.74, 6) is 0.558. The Morgan fingerprint density at radius 3 is 2.77 bits per heavy atom. The highest BCUT2D eigenvalue weighted by Gasteiger charge is 2.54. The fraction of sp³-hybridized carbons (Fsp3) is 0.450. The molecule has 0 radical (unpaired) electrons. The first-order valence-electron chi connectivity index (χ1n) is 9.20. The topological polar surface area (TPSA) is 72.1 Å². The molecule has 5 nitrogen and oxygen atoms in total. The van der Waals surface area contributed by atoms with Crippen LogP contribution in [0.2, 0.25) is 0 Å². The Labute approximate surface area is 152 Å². The third kappa shape index (κ3) is 3.04. The lowest BCUT2D eigenvalue weighted by atomic mass is 9.89. The predicted molar refractivity (Wildman–Crippen MR) is 96.8 cm³/mol. The minimum Gasteiger partial charge on any atom is -0.382 e. The Morgan fingerprint density at radius 2 is 2.04 bits per heavy atom. The van der Waals surface area contributed by atoms with Crippen molar-refractivity contribution in [3.05, 3.63) is 53.7 Å². The average Bonchev–Trinajstić information content (AvgIpc) is 3.45. The molecule has 6 heteroatoms. The van der Waals surface area contributed by atoms with Crippen molar-refractivity contribution in [3.8, 4) is 0 Å². The van der Waals surface area contributed by atoms with Crippen LogP contribution in [0.25, 0.3) is 0 Å². The molecule has 1 amide bonds. The Hall–Kier alpha value is -2.50. The maximum absolute atomic E-state index is 14.3. The number of nitrogens with zero attached hydrogens (tertiary/aromatic N) is 3. The van der Waals surface area contributed by atoms with E-state index in [4.69, 9.17) is 5.73 Å². The number of nitrogen functional groups attached to an aromatic ring is 1. The summed E-state index contributed by atoms with van der Waals surface area (Å²) in [4.78, 5) is 23.5. The van der Waals surface area contributed by atoms with Gasteiger partial charge >= 0.3 is 0 Å². The minimum atomic E-state index is -0.654. The molecule has 4 rings (SSSR count). The molecule has 26 heavy (non-hydrogen) atoms. The second kappa shape index (κ2) is 6.67. The summed E-state index contributed by atoms with van der Waals surface area (Å²) < 4.78 is 14.3. The quantitative estimate of drug-likeness (QED) is 0.916. The van der Waals surface area contributed by atoms with Crippen LogP contribution >= 0.6 is 0 Å². The summed E-state index contributed by atoms with van der Waals surface area (Å²) in [6.45, 7) is 1.41. The van der Waals surface area contributed by atoms with Gasteiger partial charge in [0.2, 0.25) is 5.91 Å². The van der Waals surface area contributed by atoms with Gasteiger partial charge < -0.3 is 10.6 Å². The highest BCUT2D eigenvalue weighted by molar-refractivity contribution is 5.91. The third-order valence-electron chi connectivity index (χ3n) is 5.64. The fourth-order valence-electron chi connectivity index (χ4n) is 4.10. The molecular weight excluding hydrogens is 331 g/mol. The summed E-state index contributed by atoms with van der Waals surface area (Å²) in [5, 5.41) is 0. The van der Waals surface area contributed by atoms with Crippen LogP contribution in [-0.2, 0) is 16.6 Å². The summed E-state index contributed by atoms with van der Waals surface area (Å²) in [5.41, 5.74) is 6.59. The maximum atomic E-state index is 14.3. The van der Waals surface area contributed by atoms with Gasteiger partial charge in [-0.05, 0) is 44.1 Å². The van der Waals surface area contributed by atoms with Gasteiger partial charge in [-0.15, -0.1) is 0 Å². The van der Waals surface area contributed by atoms with Crippen LogP contribution in [0, 0.1) is 11.7 Å². The van der Waals surface area contributed by atoms with E-state index in [-0.39, 0.29) is 11.7 Å². The van der Waals surface area contributed by atoms with Crippen molar-refractivity contribution in [2.75, 3.05) is 18.8 Å². The van der Waals surface area contributed by atoms with E-state index >= 15 is 0 Å². The number of carbonyl (C=O) groups excluding carboxylic acids is 1. The first-order valence-corrected chi connectivity index (χ1v) is 9.20. The normalized spacial score (nSPS) is 21.4. The molecule has 2 N–H and O–H groups in total. The molecule has 1 atom stereocenters. The van der Waals surface area contributed by atoms with E-state index in [2.05, 4.69) is 9.97 Å². The van der Waals surface area contributed by atoms with Gasteiger partial charge in [-0.3, -0.25) is 9.78 Å². The first-order chi connectivity index (χ1) is 12.6. The van der Waals surface area contributed by atoms with Crippen LogP contribution in [-0.4, -0.2) is 33.9 Å². The number of amides is 1. The SMILES string of the molecule is Nc1nccnc1C[C@H]1CCCN(C(=O)C2(c3ccccc3F)CC2)C1. The summed E-state index contributed by atoms with van der Waals surface area (Å²) >= 11 is 0. The van der Waals surface area contributed by atoms with E-state index in [9.17, 15) is 9.18 Å². The van der Waals surface area contributed by atoms with E-state index in [0.717, 1.165) is 44.3 Å². The molecule has 1 saturated heterocycles. The highest BCUT2D eigenvalue weighted by Crippen LogP contribution is 2.50. The molecule has 2 heterocycles. The van der Waals surface area contributed by atoms with Crippen molar-refractivity contribution >= 4 is 11.7 Å². The van der Waals surface area contributed by atoms with Crippen LogP contribution in [0.4, 0.5) is 10.2 Å². The number of benzene rings is 1. The zero-order chi connectivity index (χ0) is 18.1. The minimum absolute atomic E-state index is 0.0689. The number of nitrogens with two attached hydrogens (primary N) is 1. The Balaban J connectivity index is 1.49. The zero-order valence-electron chi connectivity index (χ0n) is 14.7. The maximum Gasteiger partial charge on any atom is 0.233 e. The van der Waals surface area contributed by atoms with Crippen molar-refractivity contribution in [2.45, 2.75) is 37.5 Å². The number of anilines is 1. The van der Waals surface area contributed by atoms with Crippen LogP contribution in [0.15, 0.2) is 36.7 Å². The average molecular weight is 354 g/mol. The lowest BCUT2D eigenvalue weighted by Crippen LogP contribution is -2.45. The third-order valence-corrected chi connectivity index (χ3v) is 5.64. The molecule has 2 aliphatic rings. The lowest BCUT2D eigenvalue weighted by molar-refractivity contribution is -0.135. The lowest BCUT2D eigenvalue weighted by Gasteiger charge is -2.35. The van der Waals surface area contributed by atoms with Crippen LogP contribution in [0.5, 0.6) is 0 Å². The van der Waals surface area contributed by atoms with E-state index in [1.54, 1.807) is 24.5 Å². The number of piperidine rings is 1. The Morgan fingerprint density at radius 1 is 1.27 bits per heavy atom. The number of carbonyl (C=O) groups is 1. The second-order valence-corrected chi connectivity index (χ2v) is 7.41. The molecule has 2 fully saturated rings. The first kappa shape index (κ1) is 16.9. The van der Waals surface area contributed by atoms with Crippen LogP contribution in [0.3, 0.4) is 0 Å². The summed E-state index contributed by atoms with van der Waals surface area (Å²) in [7, 11) is 0. The van der Waals surface area contributed by atoms with Gasteiger partial charge in [0.15, 0.2) is 0 Å². The largest absolute Gasteiger partial charge is 0.382 e. The monoisotopic (exact) mass is 354 g/mol. The number of aromatic nitrogens is 2. The van der Waals surface area contributed by atoms with E-state index in [0.29, 0.717) is 23.8 Å². The predicted octanol–water partition coefficient (Wildman–Crippen LogP) is 2.71. The molecule has 0 bridgehead atoms. The zero-order valence-corrected chi connectivity index (χ0v) is 14.7. The van der Waals surface area contributed by atoms with Crippen molar-refractivity contribution in [2.24, 2.45) is 5.92 Å². The Bertz CT molecular complexity index is 821. The van der Waals surface area contributed by atoms with Gasteiger partial charge in [0.25, 0.3) is 0 Å². The molecule has 1 saturated carbocycles. The molecule has 1 aromatic carbocycles. The van der Waals surface area contributed by atoms with Gasteiger partial charge in [0.05, 0.1) is 11.1 Å². The second-order valence-electron chi connectivity index (χ2n) is 7.41. The van der Waals surface area contributed by atoms with Crippen LogP contribution < -0.4 is 5.73 Å².